The lowest BCUT2D eigenvalue weighted by Gasteiger charge is -2.37. The van der Waals surface area contributed by atoms with E-state index in [-0.39, 0.29) is 23.3 Å². The fourth-order valence-corrected chi connectivity index (χ4v) is 5.39. The van der Waals surface area contributed by atoms with Gasteiger partial charge in [0.05, 0.1) is 6.04 Å². The van der Waals surface area contributed by atoms with Crippen LogP contribution in [0.2, 0.25) is 0 Å². The average molecular weight is 413 g/mol. The predicted molar refractivity (Wildman–Crippen MR) is 117 cm³/mol. The molecule has 6 nitrogen and oxygen atoms in total. The first kappa shape index (κ1) is 21.3. The maximum absolute atomic E-state index is 13.1. The number of pyridine rings is 1. The van der Waals surface area contributed by atoms with Gasteiger partial charge in [-0.2, -0.15) is 0 Å². The van der Waals surface area contributed by atoms with Gasteiger partial charge >= 0.3 is 0 Å². The zero-order valence-corrected chi connectivity index (χ0v) is 18.3. The first-order valence-electron chi connectivity index (χ1n) is 11.7. The molecule has 2 amide bonds. The molecular formula is C24H36N4O2. The lowest BCUT2D eigenvalue weighted by atomic mass is 9.90. The molecule has 1 aromatic rings. The third kappa shape index (κ3) is 4.85. The highest BCUT2D eigenvalue weighted by molar-refractivity contribution is 5.83. The standard InChI is InChI=1S/C24H36N4O2/c1-27-15-4-2-3-7-21(27)23(30)28-16-10-24(11-17-28)18-20(24)22(29)26-12-5-6-19-8-13-25-14-9-19/h8-9,13-14,20-21H,2-7,10-12,15-18H2,1H3,(H,26,29)/t20-,21+/m0/s1. The number of nitrogens with zero attached hydrogens (tertiary/aromatic N) is 3. The molecule has 1 N–H and O–H groups in total. The number of carbonyl (C=O) groups is 2. The van der Waals surface area contributed by atoms with Gasteiger partial charge in [0, 0.05) is 37.9 Å². The summed E-state index contributed by atoms with van der Waals surface area (Å²) in [5.41, 5.74) is 1.42. The lowest BCUT2D eigenvalue weighted by Crippen LogP contribution is -2.50. The van der Waals surface area contributed by atoms with Gasteiger partial charge in [0.25, 0.3) is 0 Å². The Morgan fingerprint density at radius 1 is 1.13 bits per heavy atom. The van der Waals surface area contributed by atoms with E-state index >= 15 is 0 Å². The summed E-state index contributed by atoms with van der Waals surface area (Å²) in [5.74, 6) is 0.677. The number of carbonyl (C=O) groups excluding carboxylic acids is 2. The van der Waals surface area contributed by atoms with Crippen LogP contribution in [0.25, 0.3) is 0 Å². The van der Waals surface area contributed by atoms with Crippen LogP contribution in [-0.2, 0) is 16.0 Å². The summed E-state index contributed by atoms with van der Waals surface area (Å²) in [4.78, 5) is 34.0. The normalized spacial score (nSPS) is 26.2. The second kappa shape index (κ2) is 9.46. The van der Waals surface area contributed by atoms with Crippen molar-refractivity contribution in [1.29, 1.82) is 0 Å². The summed E-state index contributed by atoms with van der Waals surface area (Å²) < 4.78 is 0. The molecule has 3 aliphatic rings. The quantitative estimate of drug-likeness (QED) is 0.730. The molecule has 0 bridgehead atoms. The molecule has 30 heavy (non-hydrogen) atoms. The largest absolute Gasteiger partial charge is 0.356 e. The summed E-state index contributed by atoms with van der Waals surface area (Å²) in [5, 5.41) is 3.14. The molecule has 1 spiro atoms. The van der Waals surface area contributed by atoms with Crippen molar-refractivity contribution in [2.24, 2.45) is 11.3 Å². The van der Waals surface area contributed by atoms with Crippen molar-refractivity contribution in [3.8, 4) is 0 Å². The zero-order chi connectivity index (χ0) is 21.0. The Labute approximate surface area is 180 Å². The van der Waals surface area contributed by atoms with E-state index in [1.165, 1.54) is 18.4 Å². The van der Waals surface area contributed by atoms with E-state index in [0.29, 0.717) is 5.91 Å². The molecule has 3 heterocycles. The Kier molecular flexibility index (Phi) is 6.71. The highest BCUT2D eigenvalue weighted by Gasteiger charge is 2.58. The Morgan fingerprint density at radius 3 is 2.67 bits per heavy atom. The van der Waals surface area contributed by atoms with Crippen LogP contribution in [0.1, 0.15) is 56.9 Å². The van der Waals surface area contributed by atoms with Gasteiger partial charge in [0.15, 0.2) is 0 Å². The van der Waals surface area contributed by atoms with Crippen LogP contribution in [0, 0.1) is 11.3 Å². The van der Waals surface area contributed by atoms with Crippen molar-refractivity contribution >= 4 is 11.8 Å². The molecule has 2 aliphatic heterocycles. The van der Waals surface area contributed by atoms with Crippen LogP contribution in [0.3, 0.4) is 0 Å². The molecule has 4 rings (SSSR count). The fourth-order valence-electron chi connectivity index (χ4n) is 5.39. The van der Waals surface area contributed by atoms with E-state index in [2.05, 4.69) is 27.1 Å². The number of piperidine rings is 1. The number of likely N-dealkylation sites (N-methyl/N-ethyl adjacent to an activating group) is 1. The molecule has 1 aromatic heterocycles. The van der Waals surface area contributed by atoms with Crippen molar-refractivity contribution in [2.75, 3.05) is 33.2 Å². The molecule has 0 aromatic carbocycles. The molecule has 1 aliphatic carbocycles. The molecule has 2 saturated heterocycles. The molecule has 164 valence electrons. The minimum Gasteiger partial charge on any atom is -0.356 e. The van der Waals surface area contributed by atoms with Gasteiger partial charge in [0.1, 0.15) is 0 Å². The highest BCUT2D eigenvalue weighted by atomic mass is 16.2. The van der Waals surface area contributed by atoms with Gasteiger partial charge in [-0.15, -0.1) is 0 Å². The van der Waals surface area contributed by atoms with Crippen LogP contribution in [0.5, 0.6) is 0 Å². The van der Waals surface area contributed by atoms with Crippen molar-refractivity contribution in [1.82, 2.24) is 20.1 Å². The van der Waals surface area contributed by atoms with E-state index in [4.69, 9.17) is 0 Å². The van der Waals surface area contributed by atoms with Crippen molar-refractivity contribution in [3.63, 3.8) is 0 Å². The number of aryl methyl sites for hydroxylation is 1. The number of hydrogen-bond acceptors (Lipinski definition) is 4. The Morgan fingerprint density at radius 2 is 1.90 bits per heavy atom. The molecule has 1 saturated carbocycles. The number of rotatable bonds is 6. The summed E-state index contributed by atoms with van der Waals surface area (Å²) in [7, 11) is 2.09. The van der Waals surface area contributed by atoms with Crippen LogP contribution in [0.15, 0.2) is 24.5 Å². The van der Waals surface area contributed by atoms with Gasteiger partial charge in [-0.05, 0) is 81.6 Å². The van der Waals surface area contributed by atoms with E-state index in [1.54, 1.807) is 0 Å². The van der Waals surface area contributed by atoms with E-state index < -0.39 is 0 Å². The number of likely N-dealkylation sites (tertiary alicyclic amines) is 2. The van der Waals surface area contributed by atoms with Gasteiger partial charge in [-0.1, -0.05) is 12.8 Å². The van der Waals surface area contributed by atoms with Gasteiger partial charge in [-0.3, -0.25) is 19.5 Å². The topological polar surface area (TPSA) is 65.5 Å². The molecular weight excluding hydrogens is 376 g/mol. The second-order valence-corrected chi connectivity index (χ2v) is 9.54. The van der Waals surface area contributed by atoms with Crippen LogP contribution in [-0.4, -0.2) is 65.9 Å². The summed E-state index contributed by atoms with van der Waals surface area (Å²) >= 11 is 0. The summed E-state index contributed by atoms with van der Waals surface area (Å²) in [6.07, 6.45) is 13.1. The first-order chi connectivity index (χ1) is 14.6. The third-order valence-corrected chi connectivity index (χ3v) is 7.57. The first-order valence-corrected chi connectivity index (χ1v) is 11.7. The van der Waals surface area contributed by atoms with Crippen molar-refractivity contribution in [3.05, 3.63) is 30.1 Å². The molecule has 3 fully saturated rings. The minimum atomic E-state index is 0.0558. The second-order valence-electron chi connectivity index (χ2n) is 9.54. The van der Waals surface area contributed by atoms with Crippen molar-refractivity contribution in [2.45, 2.75) is 63.8 Å². The summed E-state index contributed by atoms with van der Waals surface area (Å²) in [6, 6.07) is 4.11. The van der Waals surface area contributed by atoms with Crippen LogP contribution < -0.4 is 5.32 Å². The van der Waals surface area contributed by atoms with Gasteiger partial charge in [0.2, 0.25) is 11.8 Å². The number of hydrogen-bond donors (Lipinski definition) is 1. The van der Waals surface area contributed by atoms with Crippen molar-refractivity contribution < 1.29 is 9.59 Å². The molecule has 2 atom stereocenters. The minimum absolute atomic E-state index is 0.0558. The predicted octanol–water partition coefficient (Wildman–Crippen LogP) is 2.63. The average Bonchev–Trinajstić information content (AvgIpc) is 3.51. The smallest absolute Gasteiger partial charge is 0.239 e. The third-order valence-electron chi connectivity index (χ3n) is 7.57. The maximum atomic E-state index is 13.1. The monoisotopic (exact) mass is 412 g/mol. The molecule has 0 radical (unpaired) electrons. The van der Waals surface area contributed by atoms with Crippen LogP contribution >= 0.6 is 0 Å². The highest BCUT2D eigenvalue weighted by Crippen LogP contribution is 2.59. The number of nitrogens with one attached hydrogen (secondary N) is 1. The molecule has 0 unspecified atom stereocenters. The Balaban J connectivity index is 1.19. The van der Waals surface area contributed by atoms with Crippen LogP contribution in [0.4, 0.5) is 0 Å². The molecule has 6 heteroatoms. The lowest BCUT2D eigenvalue weighted by molar-refractivity contribution is -0.138. The van der Waals surface area contributed by atoms with E-state index in [9.17, 15) is 9.59 Å². The van der Waals surface area contributed by atoms with Gasteiger partial charge < -0.3 is 10.2 Å². The summed E-state index contributed by atoms with van der Waals surface area (Å²) in [6.45, 7) is 3.38. The fraction of sp³-hybridized carbons (Fsp3) is 0.708. The Hall–Kier alpha value is -1.95. The SMILES string of the molecule is CN1CCCCC[C@@H]1C(=O)N1CCC2(CC1)C[C@H]2C(=O)NCCCc1ccncc1. The number of amides is 2. The Bertz CT molecular complexity index is 730. The zero-order valence-electron chi connectivity index (χ0n) is 18.3. The van der Waals surface area contributed by atoms with E-state index in [0.717, 1.165) is 71.1 Å². The maximum Gasteiger partial charge on any atom is 0.239 e. The van der Waals surface area contributed by atoms with E-state index in [1.807, 2.05) is 24.5 Å². The van der Waals surface area contributed by atoms with Gasteiger partial charge in [-0.25, -0.2) is 0 Å². The number of aromatic nitrogens is 1.